The molecular weight excluding hydrogens is 238 g/mol. The molecule has 104 valence electrons. The van der Waals surface area contributed by atoms with Crippen molar-refractivity contribution in [3.8, 4) is 0 Å². The minimum atomic E-state index is -1.14. The average molecular weight is 261 g/mol. The Morgan fingerprint density at radius 2 is 1.74 bits per heavy atom. The highest BCUT2D eigenvalue weighted by Crippen LogP contribution is 2.52. The van der Waals surface area contributed by atoms with Gasteiger partial charge in [-0.3, -0.25) is 0 Å². The van der Waals surface area contributed by atoms with Gasteiger partial charge < -0.3 is 14.7 Å². The van der Waals surface area contributed by atoms with Crippen LogP contribution in [0.1, 0.15) is 43.7 Å². The molecule has 1 aromatic rings. The zero-order chi connectivity index (χ0) is 13.7. The second-order valence-electron chi connectivity index (χ2n) is 6.32. The van der Waals surface area contributed by atoms with Crippen LogP contribution in [-0.2, 0) is 16.1 Å². The Kier molecular flexibility index (Phi) is 2.97. The zero-order valence-electron chi connectivity index (χ0n) is 12.0. The van der Waals surface area contributed by atoms with Gasteiger partial charge in [0.1, 0.15) is 0 Å². The maximum Gasteiger partial charge on any atom is 0.190 e. The number of hydrogen-bond donors (Lipinski definition) is 1. The molecule has 1 spiro atoms. The quantitative estimate of drug-likeness (QED) is 0.843. The maximum absolute atomic E-state index is 10.5. The molecule has 1 N–H and O–H groups in total. The predicted molar refractivity (Wildman–Crippen MR) is 74.7 cm³/mol. The van der Waals surface area contributed by atoms with Crippen LogP contribution in [0.5, 0.6) is 0 Å². The van der Waals surface area contributed by atoms with E-state index in [1.165, 1.54) is 5.56 Å². The molecule has 1 unspecified atom stereocenters. The Morgan fingerprint density at radius 3 is 2.32 bits per heavy atom. The number of benzene rings is 1. The van der Waals surface area contributed by atoms with Crippen LogP contribution in [-0.4, -0.2) is 30.1 Å². The molecular formula is C16H23NO2. The Hall–Kier alpha value is -0.900. The first-order chi connectivity index (χ1) is 8.95. The number of rotatable bonds is 1. The molecule has 1 heterocycles. The van der Waals surface area contributed by atoms with E-state index >= 15 is 0 Å². The third-order valence-corrected chi connectivity index (χ3v) is 4.80. The second kappa shape index (κ2) is 4.30. The van der Waals surface area contributed by atoms with Crippen LogP contribution < -0.4 is 0 Å². The van der Waals surface area contributed by atoms with E-state index in [4.69, 9.17) is 4.74 Å². The van der Waals surface area contributed by atoms with Crippen LogP contribution in [0.25, 0.3) is 0 Å². The summed E-state index contributed by atoms with van der Waals surface area (Å²) in [6, 6.07) is 8.76. The number of aliphatic hydroxyl groups is 1. The highest BCUT2D eigenvalue weighted by Gasteiger charge is 2.51. The minimum absolute atomic E-state index is 0.271. The highest BCUT2D eigenvalue weighted by atomic mass is 16.6. The third kappa shape index (κ3) is 2.00. The van der Waals surface area contributed by atoms with E-state index in [-0.39, 0.29) is 5.60 Å². The van der Waals surface area contributed by atoms with Gasteiger partial charge in [0.2, 0.25) is 0 Å². The smallest absolute Gasteiger partial charge is 0.190 e. The maximum atomic E-state index is 10.5. The fourth-order valence-corrected chi connectivity index (χ4v) is 3.73. The Morgan fingerprint density at radius 1 is 1.16 bits per heavy atom. The Bertz CT molecular complexity index is 473. The summed E-state index contributed by atoms with van der Waals surface area (Å²) in [7, 11) is 4.28. The van der Waals surface area contributed by atoms with Crippen molar-refractivity contribution < 1.29 is 9.84 Å². The first kappa shape index (κ1) is 13.1. The van der Waals surface area contributed by atoms with E-state index in [1.54, 1.807) is 6.92 Å². The van der Waals surface area contributed by atoms with Crippen molar-refractivity contribution in [1.82, 2.24) is 4.90 Å². The number of nitrogens with zero attached hydrogens (tertiary/aromatic N) is 1. The van der Waals surface area contributed by atoms with Gasteiger partial charge in [0.05, 0.1) is 5.60 Å². The summed E-state index contributed by atoms with van der Waals surface area (Å²) in [5.74, 6) is -1.14. The highest BCUT2D eigenvalue weighted by molar-refractivity contribution is 5.39. The zero-order valence-corrected chi connectivity index (χ0v) is 12.0. The third-order valence-electron chi connectivity index (χ3n) is 4.80. The average Bonchev–Trinajstić information content (AvgIpc) is 2.59. The van der Waals surface area contributed by atoms with Gasteiger partial charge in [-0.25, -0.2) is 0 Å². The molecule has 19 heavy (non-hydrogen) atoms. The molecule has 0 bridgehead atoms. The topological polar surface area (TPSA) is 32.7 Å². The van der Waals surface area contributed by atoms with Crippen molar-refractivity contribution in [3.05, 3.63) is 35.4 Å². The molecule has 0 radical (unpaired) electrons. The molecule has 2 aliphatic rings. The molecule has 1 aliphatic carbocycles. The Balaban J connectivity index is 1.92. The fraction of sp³-hybridized carbons (Fsp3) is 0.625. The van der Waals surface area contributed by atoms with Gasteiger partial charge in [-0.1, -0.05) is 24.3 Å². The van der Waals surface area contributed by atoms with Crippen LogP contribution in [0.15, 0.2) is 24.3 Å². The largest absolute Gasteiger partial charge is 0.362 e. The van der Waals surface area contributed by atoms with E-state index in [0.717, 1.165) is 31.2 Å². The molecule has 0 aromatic heterocycles. The van der Waals surface area contributed by atoms with Crippen molar-refractivity contribution in [1.29, 1.82) is 0 Å². The molecule has 3 rings (SSSR count). The van der Waals surface area contributed by atoms with E-state index in [2.05, 4.69) is 25.1 Å². The normalized spacial score (nSPS) is 37.8. The first-order valence-electron chi connectivity index (χ1n) is 7.14. The lowest BCUT2D eigenvalue weighted by Crippen LogP contribution is -2.40. The lowest BCUT2D eigenvalue weighted by atomic mass is 9.77. The van der Waals surface area contributed by atoms with Crippen LogP contribution >= 0.6 is 0 Å². The Labute approximate surface area is 115 Å². The van der Waals surface area contributed by atoms with Crippen LogP contribution in [0.4, 0.5) is 0 Å². The van der Waals surface area contributed by atoms with Crippen LogP contribution in [0, 0.1) is 0 Å². The van der Waals surface area contributed by atoms with Gasteiger partial charge in [0.15, 0.2) is 5.79 Å². The number of hydrogen-bond acceptors (Lipinski definition) is 3. The monoisotopic (exact) mass is 261 g/mol. The van der Waals surface area contributed by atoms with E-state index < -0.39 is 5.79 Å². The van der Waals surface area contributed by atoms with Crippen molar-refractivity contribution >= 4 is 0 Å². The molecule has 0 saturated heterocycles. The summed E-state index contributed by atoms with van der Waals surface area (Å²) in [5.41, 5.74) is 1.86. The van der Waals surface area contributed by atoms with Gasteiger partial charge in [0, 0.05) is 11.6 Å². The minimum Gasteiger partial charge on any atom is -0.362 e. The SMILES string of the molecule is CN(C)C1CCC2(CC1)OC(C)(O)c1ccccc12. The second-order valence-corrected chi connectivity index (χ2v) is 6.32. The van der Waals surface area contributed by atoms with Gasteiger partial charge in [-0.05, 0) is 52.3 Å². The summed E-state index contributed by atoms with van der Waals surface area (Å²) in [6.07, 6.45) is 4.22. The van der Waals surface area contributed by atoms with Crippen molar-refractivity contribution in [3.63, 3.8) is 0 Å². The van der Waals surface area contributed by atoms with E-state index in [1.807, 2.05) is 18.2 Å². The molecule has 3 heteroatoms. The summed E-state index contributed by atoms with van der Waals surface area (Å²) in [5, 5.41) is 10.5. The van der Waals surface area contributed by atoms with Gasteiger partial charge in [0.25, 0.3) is 0 Å². The van der Waals surface area contributed by atoms with Crippen LogP contribution in [0.2, 0.25) is 0 Å². The number of fused-ring (bicyclic) bond motifs is 2. The summed E-state index contributed by atoms with van der Waals surface area (Å²) >= 11 is 0. The molecule has 1 atom stereocenters. The first-order valence-corrected chi connectivity index (χ1v) is 7.14. The molecule has 1 aromatic carbocycles. The van der Waals surface area contributed by atoms with Gasteiger partial charge >= 0.3 is 0 Å². The van der Waals surface area contributed by atoms with Crippen molar-refractivity contribution in [2.75, 3.05) is 14.1 Å². The molecule has 1 fully saturated rings. The lowest BCUT2D eigenvalue weighted by molar-refractivity contribution is -0.257. The standard InChI is InChI=1S/C16H23NO2/c1-15(18)13-6-4-5-7-14(13)16(19-15)10-8-12(9-11-16)17(2)3/h4-7,12,18H,8-11H2,1-3H3. The summed E-state index contributed by atoms with van der Waals surface area (Å²) in [6.45, 7) is 1.76. The summed E-state index contributed by atoms with van der Waals surface area (Å²) in [4.78, 5) is 2.30. The molecule has 0 amide bonds. The van der Waals surface area contributed by atoms with Crippen molar-refractivity contribution in [2.24, 2.45) is 0 Å². The summed E-state index contributed by atoms with van der Waals surface area (Å²) < 4.78 is 6.11. The molecule has 1 aliphatic heterocycles. The predicted octanol–water partition coefficient (Wildman–Crippen LogP) is 2.58. The van der Waals surface area contributed by atoms with Gasteiger partial charge in [-0.2, -0.15) is 0 Å². The van der Waals surface area contributed by atoms with Gasteiger partial charge in [-0.15, -0.1) is 0 Å². The van der Waals surface area contributed by atoms with E-state index in [0.29, 0.717) is 6.04 Å². The lowest BCUT2D eigenvalue weighted by Gasteiger charge is -2.40. The van der Waals surface area contributed by atoms with Crippen LogP contribution in [0.3, 0.4) is 0 Å². The molecule has 1 saturated carbocycles. The van der Waals surface area contributed by atoms with E-state index in [9.17, 15) is 5.11 Å². The number of ether oxygens (including phenoxy) is 1. The van der Waals surface area contributed by atoms with Crippen molar-refractivity contribution in [2.45, 2.75) is 50.0 Å². The molecule has 3 nitrogen and oxygen atoms in total. The fourth-order valence-electron chi connectivity index (χ4n) is 3.73.